The van der Waals surface area contributed by atoms with Gasteiger partial charge in [-0.1, -0.05) is 0 Å². The number of hydrogen-bond donors (Lipinski definition) is 3. The van der Waals surface area contributed by atoms with Crippen LogP contribution in [0.3, 0.4) is 0 Å². The van der Waals surface area contributed by atoms with Gasteiger partial charge in [0.1, 0.15) is 4.90 Å². The number of rotatable bonds is 3. The summed E-state index contributed by atoms with van der Waals surface area (Å²) in [6, 6.07) is 2.89. The number of hydrogen-bond acceptors (Lipinski definition) is 6. The quantitative estimate of drug-likeness (QED) is 0.454. The predicted octanol–water partition coefficient (Wildman–Crippen LogP) is -1.51. The Morgan fingerprint density at radius 2 is 2.28 bits per heavy atom. The van der Waals surface area contributed by atoms with Gasteiger partial charge in [-0.05, 0) is 12.1 Å². The van der Waals surface area contributed by atoms with E-state index in [2.05, 4.69) is 15.7 Å². The van der Waals surface area contributed by atoms with Crippen molar-refractivity contribution in [1.29, 1.82) is 0 Å². The lowest BCUT2D eigenvalue weighted by molar-refractivity contribution is -0.122. The smallest absolute Gasteiger partial charge is 0.247 e. The Balaban J connectivity index is 2.38. The Kier molecular flexibility index (Phi) is 3.45. The Morgan fingerprint density at radius 1 is 1.50 bits per heavy atom. The molecule has 1 aromatic rings. The number of carbonyl (C=O) groups excluding carboxylic acids is 1. The van der Waals surface area contributed by atoms with Gasteiger partial charge in [-0.25, -0.2) is 19.2 Å². The van der Waals surface area contributed by atoms with Crippen LogP contribution in [0.5, 0.6) is 0 Å². The van der Waals surface area contributed by atoms with Crippen molar-refractivity contribution in [3.05, 3.63) is 18.3 Å². The average molecular weight is 271 g/mol. The zero-order valence-electron chi connectivity index (χ0n) is 9.46. The summed E-state index contributed by atoms with van der Waals surface area (Å²) in [7, 11) is -3.77. The zero-order chi connectivity index (χ0) is 13.2. The largest absolute Gasteiger partial charge is 0.354 e. The number of nitrogen functional groups attached to an aromatic ring is 1. The molecule has 0 atom stereocenters. The van der Waals surface area contributed by atoms with E-state index in [4.69, 9.17) is 5.84 Å². The van der Waals surface area contributed by atoms with E-state index in [1.165, 1.54) is 18.3 Å². The fourth-order valence-corrected chi connectivity index (χ4v) is 3.17. The van der Waals surface area contributed by atoms with Crippen molar-refractivity contribution >= 4 is 21.7 Å². The summed E-state index contributed by atoms with van der Waals surface area (Å²) in [6.07, 6.45) is 1.43. The highest BCUT2D eigenvalue weighted by molar-refractivity contribution is 7.89. The van der Waals surface area contributed by atoms with Gasteiger partial charge in [0.15, 0.2) is 5.82 Å². The molecule has 0 unspecified atom stereocenters. The van der Waals surface area contributed by atoms with E-state index >= 15 is 0 Å². The first-order valence-corrected chi connectivity index (χ1v) is 6.68. The Morgan fingerprint density at radius 3 is 2.94 bits per heavy atom. The molecule has 1 aliphatic heterocycles. The van der Waals surface area contributed by atoms with Crippen LogP contribution < -0.4 is 16.6 Å². The highest BCUT2D eigenvalue weighted by Crippen LogP contribution is 2.21. The third-order valence-corrected chi connectivity index (χ3v) is 4.41. The second-order valence-corrected chi connectivity index (χ2v) is 5.59. The molecule has 0 bridgehead atoms. The van der Waals surface area contributed by atoms with Crippen molar-refractivity contribution in [3.8, 4) is 0 Å². The normalized spacial score (nSPS) is 17.3. The van der Waals surface area contributed by atoms with Gasteiger partial charge in [0.25, 0.3) is 0 Å². The number of hydrazine groups is 1. The Labute approximate surface area is 104 Å². The lowest BCUT2D eigenvalue weighted by atomic mass is 10.4. The van der Waals surface area contributed by atoms with Gasteiger partial charge in [0, 0.05) is 19.3 Å². The second kappa shape index (κ2) is 4.88. The van der Waals surface area contributed by atoms with Crippen LogP contribution in [-0.2, 0) is 14.8 Å². The van der Waals surface area contributed by atoms with Crippen LogP contribution >= 0.6 is 0 Å². The number of nitrogens with zero attached hydrogens (tertiary/aromatic N) is 2. The van der Waals surface area contributed by atoms with Gasteiger partial charge in [-0.3, -0.25) is 4.79 Å². The predicted molar refractivity (Wildman–Crippen MR) is 63.8 cm³/mol. The Bertz CT molecular complexity index is 559. The van der Waals surface area contributed by atoms with Crippen LogP contribution in [0.15, 0.2) is 23.2 Å². The standard InChI is InChI=1S/C9H13N5O3S/c10-13-9-7(2-1-3-12-9)18(16,17)14-5-4-11-8(15)6-14/h1-3H,4-6,10H2,(H,11,15)(H,12,13). The first kappa shape index (κ1) is 12.7. The van der Waals surface area contributed by atoms with Crippen LogP contribution in [0.1, 0.15) is 0 Å². The fourth-order valence-electron chi connectivity index (χ4n) is 1.67. The molecule has 1 amide bonds. The molecule has 2 heterocycles. The molecule has 9 heteroatoms. The number of sulfonamides is 1. The molecule has 4 N–H and O–H groups in total. The maximum Gasteiger partial charge on any atom is 0.247 e. The number of piperazine rings is 1. The molecular weight excluding hydrogens is 258 g/mol. The molecule has 1 saturated heterocycles. The molecule has 18 heavy (non-hydrogen) atoms. The Hall–Kier alpha value is -1.71. The maximum absolute atomic E-state index is 12.3. The topological polar surface area (TPSA) is 117 Å². The minimum Gasteiger partial charge on any atom is -0.354 e. The van der Waals surface area contributed by atoms with Crippen LogP contribution in [0.25, 0.3) is 0 Å². The van der Waals surface area contributed by atoms with E-state index < -0.39 is 10.0 Å². The number of pyridine rings is 1. The third-order valence-electron chi connectivity index (χ3n) is 2.53. The van der Waals surface area contributed by atoms with Crippen LogP contribution in [-0.4, -0.2) is 43.2 Å². The minimum atomic E-state index is -3.77. The van der Waals surface area contributed by atoms with Gasteiger partial charge in [0.2, 0.25) is 15.9 Å². The number of aromatic nitrogens is 1. The molecule has 1 aliphatic rings. The van der Waals surface area contributed by atoms with Gasteiger partial charge >= 0.3 is 0 Å². The summed E-state index contributed by atoms with van der Waals surface area (Å²) in [4.78, 5) is 15.0. The number of amides is 1. The van der Waals surface area contributed by atoms with Crippen LogP contribution in [0, 0.1) is 0 Å². The first-order valence-electron chi connectivity index (χ1n) is 5.24. The molecule has 0 spiro atoms. The molecule has 8 nitrogen and oxygen atoms in total. The van der Waals surface area contributed by atoms with Crippen molar-refractivity contribution in [3.63, 3.8) is 0 Å². The number of anilines is 1. The maximum atomic E-state index is 12.3. The molecule has 0 aromatic carbocycles. The van der Waals surface area contributed by atoms with Gasteiger partial charge in [0.05, 0.1) is 6.54 Å². The lowest BCUT2D eigenvalue weighted by Crippen LogP contribution is -2.49. The zero-order valence-corrected chi connectivity index (χ0v) is 10.3. The summed E-state index contributed by atoms with van der Waals surface area (Å²) in [6.45, 7) is 0.331. The number of nitrogens with one attached hydrogen (secondary N) is 2. The average Bonchev–Trinajstić information content (AvgIpc) is 2.38. The highest BCUT2D eigenvalue weighted by atomic mass is 32.2. The van der Waals surface area contributed by atoms with E-state index in [9.17, 15) is 13.2 Å². The monoisotopic (exact) mass is 271 g/mol. The van der Waals surface area contributed by atoms with E-state index in [0.717, 1.165) is 4.31 Å². The summed E-state index contributed by atoms with van der Waals surface area (Å²) < 4.78 is 25.7. The molecule has 0 aliphatic carbocycles. The summed E-state index contributed by atoms with van der Waals surface area (Å²) >= 11 is 0. The van der Waals surface area contributed by atoms with E-state index in [0.29, 0.717) is 6.54 Å². The number of carbonyl (C=O) groups is 1. The number of nitrogens with two attached hydrogens (primary N) is 1. The summed E-state index contributed by atoms with van der Waals surface area (Å²) in [5.74, 6) is 4.97. The molecule has 1 fully saturated rings. The fraction of sp³-hybridized carbons (Fsp3) is 0.333. The third kappa shape index (κ3) is 2.28. The molecular formula is C9H13N5O3S. The minimum absolute atomic E-state index is 0.0396. The molecule has 0 saturated carbocycles. The van der Waals surface area contributed by atoms with E-state index in [-0.39, 0.29) is 29.7 Å². The van der Waals surface area contributed by atoms with Gasteiger partial charge < -0.3 is 10.7 Å². The highest BCUT2D eigenvalue weighted by Gasteiger charge is 2.31. The van der Waals surface area contributed by atoms with Crippen molar-refractivity contribution in [2.24, 2.45) is 5.84 Å². The van der Waals surface area contributed by atoms with E-state index in [1.807, 2.05) is 0 Å². The second-order valence-electron chi connectivity index (χ2n) is 3.68. The van der Waals surface area contributed by atoms with Crippen molar-refractivity contribution in [1.82, 2.24) is 14.6 Å². The van der Waals surface area contributed by atoms with Crippen LogP contribution in [0.2, 0.25) is 0 Å². The SMILES string of the molecule is NNc1ncccc1S(=O)(=O)N1CCNC(=O)C1. The summed E-state index contributed by atoms with van der Waals surface area (Å²) in [5, 5.41) is 2.56. The van der Waals surface area contributed by atoms with Gasteiger partial charge in [-0.2, -0.15) is 4.31 Å². The summed E-state index contributed by atoms with van der Waals surface area (Å²) in [5.41, 5.74) is 2.23. The molecule has 0 radical (unpaired) electrons. The van der Waals surface area contributed by atoms with Crippen molar-refractivity contribution in [2.45, 2.75) is 4.90 Å². The van der Waals surface area contributed by atoms with Crippen molar-refractivity contribution < 1.29 is 13.2 Å². The molecule has 1 aromatic heterocycles. The molecule has 98 valence electrons. The van der Waals surface area contributed by atoms with Crippen LogP contribution in [0.4, 0.5) is 5.82 Å². The molecule has 2 rings (SSSR count). The van der Waals surface area contributed by atoms with E-state index in [1.54, 1.807) is 0 Å². The van der Waals surface area contributed by atoms with Gasteiger partial charge in [-0.15, -0.1) is 0 Å². The van der Waals surface area contributed by atoms with Crippen molar-refractivity contribution in [2.75, 3.05) is 25.1 Å². The lowest BCUT2D eigenvalue weighted by Gasteiger charge is -2.26. The first-order chi connectivity index (χ1) is 8.55.